The van der Waals surface area contributed by atoms with Crippen LogP contribution in [0, 0.1) is 5.41 Å². The molecule has 1 aliphatic heterocycles. The van der Waals surface area contributed by atoms with Gasteiger partial charge < -0.3 is 15.8 Å². The van der Waals surface area contributed by atoms with E-state index in [1.165, 1.54) is 19.3 Å². The predicted molar refractivity (Wildman–Crippen MR) is 83.0 cm³/mol. The summed E-state index contributed by atoms with van der Waals surface area (Å²) >= 11 is 0. The highest BCUT2D eigenvalue weighted by Gasteiger charge is 2.34. The highest BCUT2D eigenvalue weighted by molar-refractivity contribution is 5.85. The summed E-state index contributed by atoms with van der Waals surface area (Å²) in [6.07, 6.45) is 8.63. The van der Waals surface area contributed by atoms with Crippen LogP contribution in [-0.2, 0) is 9.53 Å². The van der Waals surface area contributed by atoms with Crippen molar-refractivity contribution in [1.29, 1.82) is 0 Å². The molecule has 1 unspecified atom stereocenters. The molecule has 1 aliphatic carbocycles. The Hall–Kier alpha value is -0.320. The normalized spacial score (nSPS) is 28.7. The zero-order valence-corrected chi connectivity index (χ0v) is 13.4. The molecule has 4 nitrogen and oxygen atoms in total. The Kier molecular flexibility index (Phi) is 6.76. The lowest BCUT2D eigenvalue weighted by Crippen LogP contribution is -2.43. The highest BCUT2D eigenvalue weighted by Crippen LogP contribution is 2.38. The molecule has 0 aromatic carbocycles. The number of hydrogen-bond acceptors (Lipinski definition) is 3. The van der Waals surface area contributed by atoms with E-state index < -0.39 is 0 Å². The molecule has 0 spiro atoms. The average Bonchev–Trinajstić information content (AvgIpc) is 2.85. The number of rotatable bonds is 5. The van der Waals surface area contributed by atoms with Gasteiger partial charge in [-0.2, -0.15) is 0 Å². The summed E-state index contributed by atoms with van der Waals surface area (Å²) in [5.41, 5.74) is 5.83. The Balaban J connectivity index is 0.00000200. The van der Waals surface area contributed by atoms with Crippen molar-refractivity contribution in [1.82, 2.24) is 5.32 Å². The first-order valence-corrected chi connectivity index (χ1v) is 7.68. The zero-order valence-electron chi connectivity index (χ0n) is 12.6. The fourth-order valence-corrected chi connectivity index (χ4v) is 3.42. The lowest BCUT2D eigenvalue weighted by molar-refractivity contribution is -0.125. The van der Waals surface area contributed by atoms with Gasteiger partial charge in [0.05, 0.1) is 5.60 Å². The second-order valence-corrected chi connectivity index (χ2v) is 6.62. The second-order valence-electron chi connectivity index (χ2n) is 6.62. The Bertz CT molecular complexity index is 311. The summed E-state index contributed by atoms with van der Waals surface area (Å²) in [5.74, 6) is 0.143. The van der Waals surface area contributed by atoms with E-state index in [9.17, 15) is 4.79 Å². The number of halogens is 1. The quantitative estimate of drug-likeness (QED) is 0.819. The molecule has 0 aromatic heterocycles. The number of hydrogen-bond donors (Lipinski definition) is 2. The maximum atomic E-state index is 12.2. The van der Waals surface area contributed by atoms with E-state index in [4.69, 9.17) is 10.5 Å². The van der Waals surface area contributed by atoms with Crippen LogP contribution in [0.3, 0.4) is 0 Å². The van der Waals surface area contributed by atoms with Crippen LogP contribution in [0.1, 0.15) is 58.3 Å². The van der Waals surface area contributed by atoms with Gasteiger partial charge in [-0.25, -0.2) is 0 Å². The third kappa shape index (κ3) is 4.61. The van der Waals surface area contributed by atoms with Crippen molar-refractivity contribution in [3.05, 3.63) is 0 Å². The summed E-state index contributed by atoms with van der Waals surface area (Å²) in [6, 6.07) is 0. The third-order valence-corrected chi connectivity index (χ3v) is 4.84. The molecule has 2 rings (SSSR count). The van der Waals surface area contributed by atoms with Crippen LogP contribution in [0.2, 0.25) is 0 Å². The number of nitrogens with one attached hydrogen (secondary N) is 1. The van der Waals surface area contributed by atoms with Crippen LogP contribution in [0.15, 0.2) is 0 Å². The summed E-state index contributed by atoms with van der Waals surface area (Å²) in [6.45, 7) is 4.17. The number of ether oxygens (including phenoxy) is 1. The summed E-state index contributed by atoms with van der Waals surface area (Å²) in [5, 5.41) is 3.05. The molecule has 5 heteroatoms. The van der Waals surface area contributed by atoms with Gasteiger partial charge in [0.2, 0.25) is 5.91 Å². The minimum absolute atomic E-state index is 0. The van der Waals surface area contributed by atoms with Crippen molar-refractivity contribution < 1.29 is 9.53 Å². The fourth-order valence-electron chi connectivity index (χ4n) is 3.42. The molecule has 1 saturated carbocycles. The van der Waals surface area contributed by atoms with E-state index in [-0.39, 0.29) is 29.3 Å². The number of carbonyl (C=O) groups is 1. The SMILES string of the molecule is CC1(CNC(=O)CC2(CN)CCCCC2)CCCO1.Cl. The standard InChI is InChI=1S/C15H28N2O2.ClH/c1-14(6-5-9-19-14)12-17-13(18)10-15(11-16)7-3-2-4-8-15;/h2-12,16H2,1H3,(H,17,18);1H. The van der Waals surface area contributed by atoms with Gasteiger partial charge in [0, 0.05) is 19.6 Å². The van der Waals surface area contributed by atoms with Crippen molar-refractivity contribution in [2.75, 3.05) is 19.7 Å². The molecule has 1 saturated heterocycles. The fraction of sp³-hybridized carbons (Fsp3) is 0.933. The zero-order chi connectivity index (χ0) is 13.8. The summed E-state index contributed by atoms with van der Waals surface area (Å²) in [4.78, 5) is 12.2. The van der Waals surface area contributed by atoms with Crippen molar-refractivity contribution in [3.63, 3.8) is 0 Å². The maximum absolute atomic E-state index is 12.2. The molecule has 20 heavy (non-hydrogen) atoms. The predicted octanol–water partition coefficient (Wildman–Crippen LogP) is 2.39. The van der Waals surface area contributed by atoms with Gasteiger partial charge in [-0.3, -0.25) is 4.79 Å². The van der Waals surface area contributed by atoms with Gasteiger partial charge in [0.1, 0.15) is 0 Å². The molecule has 0 bridgehead atoms. The van der Waals surface area contributed by atoms with Crippen molar-refractivity contribution in [3.8, 4) is 0 Å². The van der Waals surface area contributed by atoms with Gasteiger partial charge in [-0.05, 0) is 44.6 Å². The molecule has 1 heterocycles. The van der Waals surface area contributed by atoms with E-state index in [1.807, 2.05) is 0 Å². The Morgan fingerprint density at radius 1 is 1.20 bits per heavy atom. The minimum Gasteiger partial charge on any atom is -0.373 e. The van der Waals surface area contributed by atoms with Gasteiger partial charge in [0.25, 0.3) is 0 Å². The van der Waals surface area contributed by atoms with Gasteiger partial charge in [0.15, 0.2) is 0 Å². The van der Waals surface area contributed by atoms with Crippen molar-refractivity contribution in [2.45, 2.75) is 63.9 Å². The minimum atomic E-state index is -0.155. The summed E-state index contributed by atoms with van der Waals surface area (Å²) < 4.78 is 5.69. The first kappa shape index (κ1) is 17.7. The lowest BCUT2D eigenvalue weighted by Gasteiger charge is -2.36. The van der Waals surface area contributed by atoms with Crippen LogP contribution in [0.25, 0.3) is 0 Å². The largest absolute Gasteiger partial charge is 0.373 e. The molecular formula is C15H29ClN2O2. The first-order valence-electron chi connectivity index (χ1n) is 7.68. The smallest absolute Gasteiger partial charge is 0.220 e. The van der Waals surface area contributed by atoms with Crippen LogP contribution in [0.4, 0.5) is 0 Å². The van der Waals surface area contributed by atoms with Gasteiger partial charge in [-0.15, -0.1) is 12.4 Å². The number of nitrogens with two attached hydrogens (primary N) is 1. The van der Waals surface area contributed by atoms with E-state index >= 15 is 0 Å². The van der Waals surface area contributed by atoms with Gasteiger partial charge in [-0.1, -0.05) is 19.3 Å². The Labute approximate surface area is 128 Å². The van der Waals surface area contributed by atoms with E-state index in [0.29, 0.717) is 19.5 Å². The molecule has 2 fully saturated rings. The number of amides is 1. The molecule has 2 aliphatic rings. The molecular weight excluding hydrogens is 276 g/mol. The molecule has 1 amide bonds. The van der Waals surface area contributed by atoms with Crippen LogP contribution < -0.4 is 11.1 Å². The molecule has 1 atom stereocenters. The Morgan fingerprint density at radius 3 is 2.45 bits per heavy atom. The average molecular weight is 305 g/mol. The van der Waals surface area contributed by atoms with Crippen LogP contribution in [0.5, 0.6) is 0 Å². The topological polar surface area (TPSA) is 64.4 Å². The second kappa shape index (κ2) is 7.62. The van der Waals surface area contributed by atoms with Crippen molar-refractivity contribution >= 4 is 18.3 Å². The molecule has 0 aromatic rings. The number of carbonyl (C=O) groups excluding carboxylic acids is 1. The first-order chi connectivity index (χ1) is 9.08. The third-order valence-electron chi connectivity index (χ3n) is 4.84. The maximum Gasteiger partial charge on any atom is 0.220 e. The van der Waals surface area contributed by atoms with Crippen LogP contribution in [-0.4, -0.2) is 31.2 Å². The van der Waals surface area contributed by atoms with Gasteiger partial charge >= 0.3 is 0 Å². The Morgan fingerprint density at radius 2 is 1.90 bits per heavy atom. The lowest BCUT2D eigenvalue weighted by atomic mass is 9.71. The van der Waals surface area contributed by atoms with E-state index in [2.05, 4.69) is 12.2 Å². The summed E-state index contributed by atoms with van der Waals surface area (Å²) in [7, 11) is 0. The highest BCUT2D eigenvalue weighted by atomic mass is 35.5. The molecule has 3 N–H and O–H groups in total. The van der Waals surface area contributed by atoms with Crippen molar-refractivity contribution in [2.24, 2.45) is 11.1 Å². The molecule has 0 radical (unpaired) electrons. The van der Waals surface area contributed by atoms with E-state index in [0.717, 1.165) is 32.3 Å². The monoisotopic (exact) mass is 304 g/mol. The van der Waals surface area contributed by atoms with E-state index in [1.54, 1.807) is 0 Å². The molecule has 118 valence electrons. The van der Waals surface area contributed by atoms with Crippen LogP contribution >= 0.6 is 12.4 Å².